The molecule has 0 rings (SSSR count). The van der Waals surface area contributed by atoms with Gasteiger partial charge >= 0.3 is 8.56 Å². The topological polar surface area (TPSA) is 36.9 Å². The van der Waals surface area contributed by atoms with Gasteiger partial charge in [-0.3, -0.25) is 0 Å². The quantitative estimate of drug-likeness (QED) is 0.313. The van der Waals surface area contributed by atoms with Gasteiger partial charge in [0.05, 0.1) is 13.2 Å². The standard InChI is InChI=1S/C14H36O4Si3/c1-14(2)12-16-13-15-10-11-21(9,17-19(3,4)5)18-20(6,7)8/h14H,10-13H2,1-9H3. The Balaban J connectivity index is 4.29. The fraction of sp³-hybridized carbons (Fsp3) is 1.00. The first-order valence-corrected chi connectivity index (χ1v) is 17.2. The van der Waals surface area contributed by atoms with Crippen LogP contribution in [0.4, 0.5) is 0 Å². The molecular formula is C14H36O4Si3. The molecule has 0 atom stereocenters. The average molecular weight is 353 g/mol. The summed E-state index contributed by atoms with van der Waals surface area (Å²) in [4.78, 5) is 0. The number of hydrogen-bond acceptors (Lipinski definition) is 4. The minimum atomic E-state index is -2.16. The molecule has 0 aliphatic heterocycles. The van der Waals surface area contributed by atoms with Gasteiger partial charge < -0.3 is 17.7 Å². The van der Waals surface area contributed by atoms with Gasteiger partial charge in [0.15, 0.2) is 16.6 Å². The van der Waals surface area contributed by atoms with Gasteiger partial charge in [-0.05, 0) is 51.7 Å². The summed E-state index contributed by atoms with van der Waals surface area (Å²) in [5, 5.41) is 0. The van der Waals surface area contributed by atoms with E-state index >= 15 is 0 Å². The van der Waals surface area contributed by atoms with Crippen molar-refractivity contribution in [1.82, 2.24) is 0 Å². The Hall–Kier alpha value is 0.491. The average Bonchev–Trinajstić information content (AvgIpc) is 2.16. The maximum absolute atomic E-state index is 6.42. The summed E-state index contributed by atoms with van der Waals surface area (Å²) >= 11 is 0. The van der Waals surface area contributed by atoms with Crippen molar-refractivity contribution >= 4 is 25.2 Å². The van der Waals surface area contributed by atoms with Crippen LogP contribution in [0.3, 0.4) is 0 Å². The summed E-state index contributed by atoms with van der Waals surface area (Å²) in [6.07, 6.45) is 0. The van der Waals surface area contributed by atoms with Crippen LogP contribution in [0.5, 0.6) is 0 Å². The summed E-state index contributed by atoms with van der Waals surface area (Å²) in [7, 11) is -5.38. The van der Waals surface area contributed by atoms with Crippen LogP contribution in [0, 0.1) is 5.92 Å². The molecule has 0 fully saturated rings. The summed E-state index contributed by atoms with van der Waals surface area (Å²) < 4.78 is 23.9. The minimum Gasteiger partial charge on any atom is -0.437 e. The molecule has 0 saturated carbocycles. The third-order valence-corrected chi connectivity index (χ3v) is 11.8. The van der Waals surface area contributed by atoms with Crippen molar-refractivity contribution in [2.75, 3.05) is 20.0 Å². The normalized spacial score (nSPS) is 14.0. The molecule has 0 aromatic carbocycles. The van der Waals surface area contributed by atoms with Crippen LogP contribution in [-0.2, 0) is 17.7 Å². The van der Waals surface area contributed by atoms with E-state index in [4.69, 9.17) is 17.7 Å². The van der Waals surface area contributed by atoms with Crippen molar-refractivity contribution in [2.24, 2.45) is 5.92 Å². The van der Waals surface area contributed by atoms with Gasteiger partial charge in [-0.1, -0.05) is 13.8 Å². The first kappa shape index (κ1) is 21.5. The molecule has 4 nitrogen and oxygen atoms in total. The molecule has 21 heavy (non-hydrogen) atoms. The number of ether oxygens (including phenoxy) is 2. The lowest BCUT2D eigenvalue weighted by atomic mass is 10.2. The van der Waals surface area contributed by atoms with Crippen LogP contribution in [-0.4, -0.2) is 45.2 Å². The Morgan fingerprint density at radius 3 is 1.62 bits per heavy atom. The van der Waals surface area contributed by atoms with Crippen LogP contribution in [0.25, 0.3) is 0 Å². The van der Waals surface area contributed by atoms with Crippen LogP contribution < -0.4 is 0 Å². The molecule has 0 N–H and O–H groups in total. The van der Waals surface area contributed by atoms with Gasteiger partial charge in [-0.15, -0.1) is 0 Å². The van der Waals surface area contributed by atoms with Gasteiger partial charge in [0.2, 0.25) is 0 Å². The maximum Gasteiger partial charge on any atom is 0.316 e. The highest BCUT2D eigenvalue weighted by Crippen LogP contribution is 2.24. The first-order chi connectivity index (χ1) is 9.33. The third-order valence-electron chi connectivity index (χ3n) is 2.36. The van der Waals surface area contributed by atoms with Crippen molar-refractivity contribution in [2.45, 2.75) is 65.7 Å². The molecule has 0 heterocycles. The maximum atomic E-state index is 6.42. The number of hydrogen-bond donors (Lipinski definition) is 0. The molecule has 0 saturated heterocycles. The molecular weight excluding hydrogens is 316 g/mol. The van der Waals surface area contributed by atoms with Crippen LogP contribution in [0.1, 0.15) is 13.8 Å². The van der Waals surface area contributed by atoms with Crippen LogP contribution in [0.2, 0.25) is 51.9 Å². The molecule has 0 aliphatic rings. The summed E-state index contributed by atoms with van der Waals surface area (Å²) in [6.45, 7) is 21.5. The lowest BCUT2D eigenvalue weighted by Gasteiger charge is -2.38. The largest absolute Gasteiger partial charge is 0.437 e. The SMILES string of the molecule is CC(C)COCOCC[Si](C)(O[Si](C)(C)C)O[Si](C)(C)C. The van der Waals surface area contributed by atoms with E-state index in [1.165, 1.54) is 0 Å². The second-order valence-corrected chi connectivity index (χ2v) is 21.0. The Morgan fingerprint density at radius 1 is 0.762 bits per heavy atom. The zero-order valence-corrected chi connectivity index (χ0v) is 18.5. The molecule has 0 unspecified atom stereocenters. The summed E-state index contributed by atoms with van der Waals surface area (Å²) in [6, 6.07) is 0.868. The van der Waals surface area contributed by atoms with Crippen molar-refractivity contribution < 1.29 is 17.7 Å². The molecule has 7 heteroatoms. The number of rotatable bonds is 11. The van der Waals surface area contributed by atoms with E-state index in [1.807, 2.05) is 0 Å². The van der Waals surface area contributed by atoms with E-state index < -0.39 is 25.2 Å². The van der Waals surface area contributed by atoms with E-state index in [0.29, 0.717) is 19.3 Å². The highest BCUT2D eigenvalue weighted by molar-refractivity contribution is 6.87. The lowest BCUT2D eigenvalue weighted by Crippen LogP contribution is -2.53. The molecule has 0 aromatic heterocycles. The van der Waals surface area contributed by atoms with Gasteiger partial charge in [0.25, 0.3) is 0 Å². The second kappa shape index (κ2) is 8.95. The zero-order valence-electron chi connectivity index (χ0n) is 15.5. The van der Waals surface area contributed by atoms with Gasteiger partial charge in [-0.25, -0.2) is 0 Å². The smallest absolute Gasteiger partial charge is 0.316 e. The van der Waals surface area contributed by atoms with Crippen molar-refractivity contribution in [3.63, 3.8) is 0 Å². The summed E-state index contributed by atoms with van der Waals surface area (Å²) in [5.74, 6) is 0.540. The molecule has 0 aliphatic carbocycles. The molecule has 0 aromatic rings. The Morgan fingerprint density at radius 2 is 1.24 bits per heavy atom. The predicted molar refractivity (Wildman–Crippen MR) is 96.9 cm³/mol. The molecule has 0 bridgehead atoms. The molecule has 0 spiro atoms. The van der Waals surface area contributed by atoms with E-state index in [-0.39, 0.29) is 0 Å². The van der Waals surface area contributed by atoms with Gasteiger partial charge in [0, 0.05) is 6.04 Å². The Labute approximate surface area is 135 Å². The van der Waals surface area contributed by atoms with E-state index in [1.54, 1.807) is 0 Å². The zero-order chi connectivity index (χ0) is 16.7. The fourth-order valence-corrected chi connectivity index (χ4v) is 14.3. The van der Waals surface area contributed by atoms with E-state index in [2.05, 4.69) is 59.7 Å². The third kappa shape index (κ3) is 13.9. The van der Waals surface area contributed by atoms with E-state index in [0.717, 1.165) is 12.7 Å². The molecule has 128 valence electrons. The Bertz CT molecular complexity index is 269. The highest BCUT2D eigenvalue weighted by Gasteiger charge is 2.39. The van der Waals surface area contributed by atoms with Gasteiger partial charge in [0.1, 0.15) is 6.79 Å². The monoisotopic (exact) mass is 352 g/mol. The van der Waals surface area contributed by atoms with Crippen molar-refractivity contribution in [3.8, 4) is 0 Å². The van der Waals surface area contributed by atoms with Crippen LogP contribution in [0.15, 0.2) is 0 Å². The summed E-state index contributed by atoms with van der Waals surface area (Å²) in [5.41, 5.74) is 0. The highest BCUT2D eigenvalue weighted by atomic mass is 28.5. The van der Waals surface area contributed by atoms with E-state index in [9.17, 15) is 0 Å². The Kier molecular flexibility index (Phi) is 9.16. The van der Waals surface area contributed by atoms with Crippen molar-refractivity contribution in [1.29, 1.82) is 0 Å². The minimum absolute atomic E-state index is 0.364. The van der Waals surface area contributed by atoms with Gasteiger partial charge in [-0.2, -0.15) is 0 Å². The van der Waals surface area contributed by atoms with Crippen molar-refractivity contribution in [3.05, 3.63) is 0 Å². The molecule has 0 amide bonds. The lowest BCUT2D eigenvalue weighted by molar-refractivity contribution is -0.0582. The second-order valence-electron chi connectivity index (χ2n) is 8.10. The van der Waals surface area contributed by atoms with Crippen LogP contribution >= 0.6 is 0 Å². The fourth-order valence-electron chi connectivity index (χ4n) is 2.08. The predicted octanol–water partition coefficient (Wildman–Crippen LogP) is 4.41. The first-order valence-electron chi connectivity index (χ1n) is 7.89. The molecule has 0 radical (unpaired) electrons.